The highest BCUT2D eigenvalue weighted by atomic mass is 16.5. The molecule has 1 heterocycles. The molecule has 6 nitrogen and oxygen atoms in total. The standard InChI is InChI=1S/C17H16N2O4/c1-20-13-6-4-5-11(7-13)16-18-17(23-19-16)12-8-14(21-2)10-15(9-12)22-3/h4-10H,1-3H3. The van der Waals surface area contributed by atoms with E-state index in [0.29, 0.717) is 23.2 Å². The average Bonchev–Trinajstić information content (AvgIpc) is 3.11. The van der Waals surface area contributed by atoms with E-state index in [9.17, 15) is 0 Å². The molecule has 0 fully saturated rings. The molecule has 3 aromatic rings. The van der Waals surface area contributed by atoms with Gasteiger partial charge >= 0.3 is 0 Å². The summed E-state index contributed by atoms with van der Waals surface area (Å²) in [6.45, 7) is 0. The smallest absolute Gasteiger partial charge is 0.258 e. The Hall–Kier alpha value is -3.02. The minimum atomic E-state index is 0.389. The molecule has 0 aliphatic carbocycles. The molecule has 2 aromatic carbocycles. The third-order valence-electron chi connectivity index (χ3n) is 3.35. The third kappa shape index (κ3) is 3.11. The van der Waals surface area contributed by atoms with Crippen LogP contribution in [0.25, 0.3) is 22.8 Å². The van der Waals surface area contributed by atoms with Crippen LogP contribution in [0.1, 0.15) is 0 Å². The van der Waals surface area contributed by atoms with Crippen molar-refractivity contribution in [3.63, 3.8) is 0 Å². The molecular weight excluding hydrogens is 296 g/mol. The Bertz CT molecular complexity index is 792. The maximum atomic E-state index is 5.36. The predicted octanol–water partition coefficient (Wildman–Crippen LogP) is 3.43. The highest BCUT2D eigenvalue weighted by molar-refractivity contribution is 5.63. The van der Waals surface area contributed by atoms with E-state index in [4.69, 9.17) is 18.7 Å². The zero-order chi connectivity index (χ0) is 16.2. The van der Waals surface area contributed by atoms with Crippen LogP contribution in [0.5, 0.6) is 17.2 Å². The van der Waals surface area contributed by atoms with Crippen molar-refractivity contribution < 1.29 is 18.7 Å². The second-order valence-corrected chi connectivity index (χ2v) is 4.76. The first-order chi connectivity index (χ1) is 11.2. The van der Waals surface area contributed by atoms with Gasteiger partial charge in [0.25, 0.3) is 5.89 Å². The first-order valence-corrected chi connectivity index (χ1v) is 6.95. The summed E-state index contributed by atoms with van der Waals surface area (Å²) in [5.74, 6) is 2.92. The molecular formula is C17H16N2O4. The van der Waals surface area contributed by atoms with Gasteiger partial charge in [0.1, 0.15) is 17.2 Å². The van der Waals surface area contributed by atoms with E-state index in [-0.39, 0.29) is 0 Å². The largest absolute Gasteiger partial charge is 0.497 e. The first kappa shape index (κ1) is 14.9. The van der Waals surface area contributed by atoms with E-state index >= 15 is 0 Å². The maximum absolute atomic E-state index is 5.36. The van der Waals surface area contributed by atoms with Crippen LogP contribution in [0.4, 0.5) is 0 Å². The summed E-state index contributed by atoms with van der Waals surface area (Å²) in [5.41, 5.74) is 1.54. The van der Waals surface area contributed by atoms with Crippen molar-refractivity contribution >= 4 is 0 Å². The molecule has 0 amide bonds. The molecule has 0 N–H and O–H groups in total. The topological polar surface area (TPSA) is 66.6 Å². The summed E-state index contributed by atoms with van der Waals surface area (Å²) >= 11 is 0. The Morgan fingerprint density at radius 2 is 1.43 bits per heavy atom. The molecule has 3 rings (SSSR count). The van der Waals surface area contributed by atoms with Crippen molar-refractivity contribution in [3.8, 4) is 40.1 Å². The van der Waals surface area contributed by atoms with Crippen LogP contribution in [0.15, 0.2) is 47.0 Å². The Morgan fingerprint density at radius 1 is 0.783 bits per heavy atom. The van der Waals surface area contributed by atoms with Gasteiger partial charge in [0.15, 0.2) is 0 Å². The predicted molar refractivity (Wildman–Crippen MR) is 84.8 cm³/mol. The summed E-state index contributed by atoms with van der Waals surface area (Å²) in [6, 6.07) is 12.9. The quantitative estimate of drug-likeness (QED) is 0.719. The number of rotatable bonds is 5. The molecule has 0 bridgehead atoms. The minimum absolute atomic E-state index is 0.389. The normalized spacial score (nSPS) is 10.4. The van der Waals surface area contributed by atoms with E-state index < -0.39 is 0 Å². The molecule has 6 heteroatoms. The maximum Gasteiger partial charge on any atom is 0.258 e. The van der Waals surface area contributed by atoms with Gasteiger partial charge in [-0.15, -0.1) is 0 Å². The molecule has 118 valence electrons. The fraction of sp³-hybridized carbons (Fsp3) is 0.176. The molecule has 23 heavy (non-hydrogen) atoms. The van der Waals surface area contributed by atoms with Gasteiger partial charge < -0.3 is 18.7 Å². The van der Waals surface area contributed by atoms with Crippen molar-refractivity contribution in [2.45, 2.75) is 0 Å². The third-order valence-corrected chi connectivity index (χ3v) is 3.35. The number of aromatic nitrogens is 2. The Morgan fingerprint density at radius 3 is 2.09 bits per heavy atom. The van der Waals surface area contributed by atoms with Gasteiger partial charge in [-0.05, 0) is 24.3 Å². The van der Waals surface area contributed by atoms with Gasteiger partial charge in [-0.3, -0.25) is 0 Å². The average molecular weight is 312 g/mol. The van der Waals surface area contributed by atoms with E-state index in [1.54, 1.807) is 27.4 Å². The molecule has 0 unspecified atom stereocenters. The second-order valence-electron chi connectivity index (χ2n) is 4.76. The van der Waals surface area contributed by atoms with Gasteiger partial charge in [0, 0.05) is 17.2 Å². The second kappa shape index (κ2) is 6.39. The van der Waals surface area contributed by atoms with Crippen LogP contribution in [0.3, 0.4) is 0 Å². The zero-order valence-electron chi connectivity index (χ0n) is 13.1. The van der Waals surface area contributed by atoms with Crippen LogP contribution in [0, 0.1) is 0 Å². The SMILES string of the molecule is COc1cccc(-c2noc(-c3cc(OC)cc(OC)c3)n2)c1. The lowest BCUT2D eigenvalue weighted by atomic mass is 10.2. The van der Waals surface area contributed by atoms with Crippen molar-refractivity contribution in [1.29, 1.82) is 0 Å². The lowest BCUT2D eigenvalue weighted by molar-refractivity contribution is 0.393. The van der Waals surface area contributed by atoms with Gasteiger partial charge in [0.2, 0.25) is 5.82 Å². The summed E-state index contributed by atoms with van der Waals surface area (Å²) < 4.78 is 21.1. The fourth-order valence-corrected chi connectivity index (χ4v) is 2.15. The van der Waals surface area contributed by atoms with E-state index in [1.807, 2.05) is 36.4 Å². The van der Waals surface area contributed by atoms with Crippen molar-refractivity contribution in [3.05, 3.63) is 42.5 Å². The molecule has 0 aliphatic rings. The van der Waals surface area contributed by atoms with Gasteiger partial charge in [-0.1, -0.05) is 17.3 Å². The molecule has 1 aromatic heterocycles. The summed E-state index contributed by atoms with van der Waals surface area (Å²) in [5, 5.41) is 4.03. The minimum Gasteiger partial charge on any atom is -0.497 e. The molecule has 0 saturated heterocycles. The molecule has 0 atom stereocenters. The Balaban J connectivity index is 1.98. The van der Waals surface area contributed by atoms with Crippen molar-refractivity contribution in [2.75, 3.05) is 21.3 Å². The first-order valence-electron chi connectivity index (χ1n) is 6.95. The van der Waals surface area contributed by atoms with Gasteiger partial charge in [0.05, 0.1) is 21.3 Å². The zero-order valence-corrected chi connectivity index (χ0v) is 13.1. The number of benzene rings is 2. The fourth-order valence-electron chi connectivity index (χ4n) is 2.15. The molecule has 0 aliphatic heterocycles. The number of hydrogen-bond donors (Lipinski definition) is 0. The van der Waals surface area contributed by atoms with E-state index in [2.05, 4.69) is 10.1 Å². The van der Waals surface area contributed by atoms with Crippen molar-refractivity contribution in [1.82, 2.24) is 10.1 Å². The number of hydrogen-bond acceptors (Lipinski definition) is 6. The number of methoxy groups -OCH3 is 3. The van der Waals surface area contributed by atoms with Crippen LogP contribution in [-0.2, 0) is 0 Å². The monoisotopic (exact) mass is 312 g/mol. The van der Waals surface area contributed by atoms with E-state index in [0.717, 1.165) is 16.9 Å². The summed E-state index contributed by atoms with van der Waals surface area (Å²) in [7, 11) is 4.80. The van der Waals surface area contributed by atoms with Crippen LogP contribution in [0.2, 0.25) is 0 Å². The summed E-state index contributed by atoms with van der Waals surface area (Å²) in [4.78, 5) is 4.43. The van der Waals surface area contributed by atoms with Crippen molar-refractivity contribution in [2.24, 2.45) is 0 Å². The van der Waals surface area contributed by atoms with Crippen LogP contribution < -0.4 is 14.2 Å². The van der Waals surface area contributed by atoms with Gasteiger partial charge in [-0.25, -0.2) is 0 Å². The lowest BCUT2D eigenvalue weighted by Crippen LogP contribution is -1.89. The molecule has 0 saturated carbocycles. The van der Waals surface area contributed by atoms with Crippen LogP contribution in [-0.4, -0.2) is 31.5 Å². The lowest BCUT2D eigenvalue weighted by Gasteiger charge is -2.05. The van der Waals surface area contributed by atoms with Crippen LogP contribution >= 0.6 is 0 Å². The summed E-state index contributed by atoms with van der Waals surface area (Å²) in [6.07, 6.45) is 0. The molecule has 0 spiro atoms. The highest BCUT2D eigenvalue weighted by Gasteiger charge is 2.13. The highest BCUT2D eigenvalue weighted by Crippen LogP contribution is 2.30. The Kier molecular flexibility index (Phi) is 4.14. The number of ether oxygens (including phenoxy) is 3. The van der Waals surface area contributed by atoms with Gasteiger partial charge in [-0.2, -0.15) is 4.98 Å². The Labute approximate surface area is 133 Å². The molecule has 0 radical (unpaired) electrons. The number of nitrogens with zero attached hydrogens (tertiary/aromatic N) is 2. The van der Waals surface area contributed by atoms with E-state index in [1.165, 1.54) is 0 Å².